The van der Waals surface area contributed by atoms with Crippen LogP contribution in [0.5, 0.6) is 0 Å². The lowest BCUT2D eigenvalue weighted by Gasteiger charge is -2.32. The Labute approximate surface area is 110 Å². The van der Waals surface area contributed by atoms with Crippen molar-refractivity contribution in [1.29, 1.82) is 0 Å². The van der Waals surface area contributed by atoms with E-state index >= 15 is 0 Å². The highest BCUT2D eigenvalue weighted by molar-refractivity contribution is 5.78. The molecule has 5 heteroatoms. The number of amides is 1. The maximum absolute atomic E-state index is 12.0. The van der Waals surface area contributed by atoms with Crippen LogP contribution < -0.4 is 5.32 Å². The monoisotopic (exact) mass is 254 g/mol. The van der Waals surface area contributed by atoms with Crippen LogP contribution in [0.15, 0.2) is 0 Å². The van der Waals surface area contributed by atoms with Crippen molar-refractivity contribution in [1.82, 2.24) is 20.0 Å². The van der Waals surface area contributed by atoms with Crippen molar-refractivity contribution in [2.24, 2.45) is 5.92 Å². The molecule has 2 heterocycles. The molecule has 5 nitrogen and oxygen atoms in total. The molecule has 2 aliphatic rings. The lowest BCUT2D eigenvalue weighted by Crippen LogP contribution is -2.49. The fourth-order valence-electron chi connectivity index (χ4n) is 2.74. The quantitative estimate of drug-likeness (QED) is 0.720. The highest BCUT2D eigenvalue weighted by Gasteiger charge is 2.21. The van der Waals surface area contributed by atoms with Gasteiger partial charge in [-0.05, 0) is 39.5 Å². The molecule has 1 unspecified atom stereocenters. The fraction of sp³-hybridized carbons (Fsp3) is 0.923. The standard InChI is InChI=1S/C13H26N4O/c1-15-5-7-17(8-6-15)13(18)10-14-9-12-3-4-16(2)11-12/h12,14H,3-11H2,1-2H3. The third kappa shape index (κ3) is 3.93. The largest absolute Gasteiger partial charge is 0.339 e. The molecule has 0 spiro atoms. The van der Waals surface area contributed by atoms with Gasteiger partial charge < -0.3 is 20.0 Å². The van der Waals surface area contributed by atoms with Crippen molar-refractivity contribution in [3.8, 4) is 0 Å². The molecule has 104 valence electrons. The first kappa shape index (κ1) is 13.8. The second-order valence-corrected chi connectivity index (χ2v) is 5.73. The second kappa shape index (κ2) is 6.50. The Morgan fingerprint density at radius 3 is 2.44 bits per heavy atom. The Bertz CT molecular complexity index is 276. The summed E-state index contributed by atoms with van der Waals surface area (Å²) in [4.78, 5) is 18.6. The molecule has 0 radical (unpaired) electrons. The normalized spacial score (nSPS) is 26.8. The van der Waals surface area contributed by atoms with Crippen molar-refractivity contribution in [3.63, 3.8) is 0 Å². The summed E-state index contributed by atoms with van der Waals surface area (Å²) in [6, 6.07) is 0. The van der Waals surface area contributed by atoms with E-state index in [0.29, 0.717) is 6.54 Å². The first-order valence-corrected chi connectivity index (χ1v) is 7.00. The van der Waals surface area contributed by atoms with Crippen LogP contribution in [-0.2, 0) is 4.79 Å². The molecule has 2 fully saturated rings. The third-order valence-corrected chi connectivity index (χ3v) is 4.05. The van der Waals surface area contributed by atoms with Crippen LogP contribution in [0.4, 0.5) is 0 Å². The maximum Gasteiger partial charge on any atom is 0.236 e. The Morgan fingerprint density at radius 2 is 1.83 bits per heavy atom. The van der Waals surface area contributed by atoms with Gasteiger partial charge in [-0.2, -0.15) is 0 Å². The minimum absolute atomic E-state index is 0.259. The molecule has 2 rings (SSSR count). The van der Waals surface area contributed by atoms with Crippen molar-refractivity contribution in [2.45, 2.75) is 6.42 Å². The number of likely N-dealkylation sites (N-methyl/N-ethyl adjacent to an activating group) is 1. The van der Waals surface area contributed by atoms with E-state index in [1.807, 2.05) is 4.90 Å². The summed E-state index contributed by atoms with van der Waals surface area (Å²) in [5.41, 5.74) is 0. The smallest absolute Gasteiger partial charge is 0.236 e. The van der Waals surface area contributed by atoms with Gasteiger partial charge >= 0.3 is 0 Å². The van der Waals surface area contributed by atoms with Crippen LogP contribution in [0, 0.1) is 5.92 Å². The van der Waals surface area contributed by atoms with Gasteiger partial charge in [0.2, 0.25) is 5.91 Å². The van der Waals surface area contributed by atoms with Gasteiger partial charge in [-0.15, -0.1) is 0 Å². The minimum atomic E-state index is 0.259. The Balaban J connectivity index is 1.60. The molecule has 2 saturated heterocycles. The molecule has 1 amide bonds. The van der Waals surface area contributed by atoms with Crippen LogP contribution in [0.3, 0.4) is 0 Å². The van der Waals surface area contributed by atoms with Gasteiger partial charge in [0, 0.05) is 32.7 Å². The summed E-state index contributed by atoms with van der Waals surface area (Å²) in [6.45, 7) is 7.59. The zero-order valence-corrected chi connectivity index (χ0v) is 11.7. The fourth-order valence-corrected chi connectivity index (χ4v) is 2.74. The molecule has 0 aromatic carbocycles. The number of carbonyl (C=O) groups is 1. The molecule has 2 aliphatic heterocycles. The summed E-state index contributed by atoms with van der Waals surface area (Å²) < 4.78 is 0. The van der Waals surface area contributed by atoms with Gasteiger partial charge in [-0.25, -0.2) is 0 Å². The van der Waals surface area contributed by atoms with Gasteiger partial charge in [0.05, 0.1) is 6.54 Å². The SMILES string of the molecule is CN1CCN(C(=O)CNCC2CCN(C)C2)CC1. The van der Waals surface area contributed by atoms with Crippen molar-refractivity contribution in [3.05, 3.63) is 0 Å². The van der Waals surface area contributed by atoms with Crippen LogP contribution in [0.2, 0.25) is 0 Å². The number of piperazine rings is 1. The van der Waals surface area contributed by atoms with Crippen molar-refractivity contribution < 1.29 is 4.79 Å². The second-order valence-electron chi connectivity index (χ2n) is 5.73. The number of rotatable bonds is 4. The molecular formula is C13H26N4O. The molecule has 0 aromatic heterocycles. The maximum atomic E-state index is 12.0. The lowest BCUT2D eigenvalue weighted by atomic mass is 10.1. The topological polar surface area (TPSA) is 38.8 Å². The zero-order valence-electron chi connectivity index (χ0n) is 11.7. The van der Waals surface area contributed by atoms with Crippen LogP contribution in [0.1, 0.15) is 6.42 Å². The van der Waals surface area contributed by atoms with E-state index in [4.69, 9.17) is 0 Å². The molecular weight excluding hydrogens is 228 g/mol. The van der Waals surface area contributed by atoms with Crippen LogP contribution >= 0.6 is 0 Å². The van der Waals surface area contributed by atoms with Gasteiger partial charge in [-0.1, -0.05) is 0 Å². The summed E-state index contributed by atoms with van der Waals surface area (Å²) in [6.07, 6.45) is 1.26. The van der Waals surface area contributed by atoms with E-state index in [9.17, 15) is 4.79 Å². The first-order chi connectivity index (χ1) is 8.65. The molecule has 0 bridgehead atoms. The summed E-state index contributed by atoms with van der Waals surface area (Å²) >= 11 is 0. The molecule has 0 saturated carbocycles. The van der Waals surface area contributed by atoms with Gasteiger partial charge in [0.1, 0.15) is 0 Å². The predicted molar refractivity (Wildman–Crippen MR) is 72.6 cm³/mol. The Hall–Kier alpha value is -0.650. The number of nitrogens with zero attached hydrogens (tertiary/aromatic N) is 3. The Morgan fingerprint density at radius 1 is 1.11 bits per heavy atom. The molecule has 0 aliphatic carbocycles. The van der Waals surface area contributed by atoms with E-state index in [2.05, 4.69) is 29.2 Å². The number of likely N-dealkylation sites (tertiary alicyclic amines) is 1. The van der Waals surface area contributed by atoms with E-state index in [0.717, 1.165) is 45.2 Å². The predicted octanol–water partition coefficient (Wildman–Crippen LogP) is -0.698. The zero-order chi connectivity index (χ0) is 13.0. The van der Waals surface area contributed by atoms with Gasteiger partial charge in [0.15, 0.2) is 0 Å². The Kier molecular flexibility index (Phi) is 4.97. The molecule has 1 N–H and O–H groups in total. The average Bonchev–Trinajstić information content (AvgIpc) is 2.76. The van der Waals surface area contributed by atoms with Crippen molar-refractivity contribution >= 4 is 5.91 Å². The first-order valence-electron chi connectivity index (χ1n) is 7.00. The highest BCUT2D eigenvalue weighted by Crippen LogP contribution is 2.12. The third-order valence-electron chi connectivity index (χ3n) is 4.05. The summed E-state index contributed by atoms with van der Waals surface area (Å²) in [7, 11) is 4.27. The average molecular weight is 254 g/mol. The highest BCUT2D eigenvalue weighted by atomic mass is 16.2. The number of carbonyl (C=O) groups excluding carboxylic acids is 1. The minimum Gasteiger partial charge on any atom is -0.339 e. The number of hydrogen-bond acceptors (Lipinski definition) is 4. The van der Waals surface area contributed by atoms with E-state index < -0.39 is 0 Å². The summed E-state index contributed by atoms with van der Waals surface area (Å²) in [5, 5.41) is 3.32. The number of nitrogens with one attached hydrogen (secondary N) is 1. The van der Waals surface area contributed by atoms with E-state index in [1.54, 1.807) is 0 Å². The van der Waals surface area contributed by atoms with Gasteiger partial charge in [0.25, 0.3) is 0 Å². The van der Waals surface area contributed by atoms with Crippen LogP contribution in [0.25, 0.3) is 0 Å². The van der Waals surface area contributed by atoms with E-state index in [1.165, 1.54) is 13.0 Å². The number of hydrogen-bond donors (Lipinski definition) is 1. The summed E-state index contributed by atoms with van der Waals surface area (Å²) in [5.74, 6) is 0.977. The lowest BCUT2D eigenvalue weighted by molar-refractivity contribution is -0.131. The van der Waals surface area contributed by atoms with Crippen LogP contribution in [-0.4, -0.2) is 87.1 Å². The molecule has 1 atom stereocenters. The van der Waals surface area contributed by atoms with E-state index in [-0.39, 0.29) is 5.91 Å². The molecule has 18 heavy (non-hydrogen) atoms. The van der Waals surface area contributed by atoms with Gasteiger partial charge in [-0.3, -0.25) is 4.79 Å². The molecule has 0 aromatic rings. The van der Waals surface area contributed by atoms with Crippen molar-refractivity contribution in [2.75, 3.05) is 66.5 Å².